The van der Waals surface area contributed by atoms with Crippen LogP contribution >= 0.6 is 0 Å². The van der Waals surface area contributed by atoms with E-state index in [0.717, 1.165) is 19.6 Å². The molecule has 0 aliphatic rings. The van der Waals surface area contributed by atoms with Crippen LogP contribution in [-0.4, -0.2) is 37.7 Å². The molecule has 0 amide bonds. The monoisotopic (exact) mass is 268 g/mol. The highest BCUT2D eigenvalue weighted by Crippen LogP contribution is 2.17. The van der Waals surface area contributed by atoms with Gasteiger partial charge >= 0.3 is 0 Å². The molecule has 0 unspecified atom stereocenters. The van der Waals surface area contributed by atoms with Gasteiger partial charge in [0.15, 0.2) is 0 Å². The summed E-state index contributed by atoms with van der Waals surface area (Å²) in [6, 6.07) is 5.53. The lowest BCUT2D eigenvalue weighted by Crippen LogP contribution is -2.34. The summed E-state index contributed by atoms with van der Waals surface area (Å²) in [5.41, 5.74) is 0.715. The predicted molar refractivity (Wildman–Crippen MR) is 77.0 cm³/mol. The smallest absolute Gasteiger partial charge is 0.131 e. The van der Waals surface area contributed by atoms with Crippen LogP contribution in [-0.2, 0) is 6.54 Å². The van der Waals surface area contributed by atoms with E-state index in [9.17, 15) is 4.39 Å². The number of rotatable bonds is 8. The van der Waals surface area contributed by atoms with Crippen molar-refractivity contribution in [2.75, 3.05) is 26.7 Å². The Labute approximate surface area is 115 Å². The minimum Gasteiger partial charge on any atom is -0.497 e. The number of halogens is 1. The van der Waals surface area contributed by atoms with Gasteiger partial charge in [-0.3, -0.25) is 4.90 Å². The van der Waals surface area contributed by atoms with E-state index in [1.165, 1.54) is 6.07 Å². The lowest BCUT2D eigenvalue weighted by molar-refractivity contribution is 0.272. The van der Waals surface area contributed by atoms with Gasteiger partial charge in [-0.25, -0.2) is 4.39 Å². The van der Waals surface area contributed by atoms with Crippen LogP contribution in [0.2, 0.25) is 0 Å². The summed E-state index contributed by atoms with van der Waals surface area (Å²) in [7, 11) is 1.55. The third-order valence-corrected chi connectivity index (χ3v) is 3.08. The maximum Gasteiger partial charge on any atom is 0.131 e. The summed E-state index contributed by atoms with van der Waals surface area (Å²) in [6.07, 6.45) is 0. The van der Waals surface area contributed by atoms with Crippen LogP contribution in [0.15, 0.2) is 18.2 Å². The third kappa shape index (κ3) is 5.57. The molecule has 0 aliphatic heterocycles. The van der Waals surface area contributed by atoms with Crippen LogP contribution in [0.3, 0.4) is 0 Å². The molecule has 4 heteroatoms. The first-order valence-electron chi connectivity index (χ1n) is 6.85. The molecule has 0 spiro atoms. The number of likely N-dealkylation sites (N-methyl/N-ethyl adjacent to an activating group) is 1. The van der Waals surface area contributed by atoms with Gasteiger partial charge in [0.1, 0.15) is 11.6 Å². The van der Waals surface area contributed by atoms with Crippen molar-refractivity contribution in [2.24, 2.45) is 0 Å². The molecule has 3 nitrogen and oxygen atoms in total. The second-order valence-corrected chi connectivity index (χ2v) is 4.93. The Bertz CT molecular complexity index is 382. The van der Waals surface area contributed by atoms with Gasteiger partial charge in [0.05, 0.1) is 7.11 Å². The van der Waals surface area contributed by atoms with Crippen molar-refractivity contribution < 1.29 is 9.13 Å². The molecule has 0 bridgehead atoms. The van der Waals surface area contributed by atoms with Gasteiger partial charge in [-0.15, -0.1) is 0 Å². The Balaban J connectivity index is 2.55. The molecule has 0 atom stereocenters. The van der Waals surface area contributed by atoms with Crippen LogP contribution < -0.4 is 10.1 Å². The Kier molecular flexibility index (Phi) is 6.81. The van der Waals surface area contributed by atoms with Crippen LogP contribution in [0.4, 0.5) is 4.39 Å². The van der Waals surface area contributed by atoms with Gasteiger partial charge in [-0.1, -0.05) is 26.8 Å². The molecule has 1 aromatic rings. The van der Waals surface area contributed by atoms with Crippen molar-refractivity contribution in [3.8, 4) is 5.75 Å². The maximum atomic E-state index is 13.9. The molecule has 0 saturated heterocycles. The number of ether oxygens (including phenoxy) is 1. The lowest BCUT2D eigenvalue weighted by atomic mass is 10.2. The highest BCUT2D eigenvalue weighted by atomic mass is 19.1. The fraction of sp³-hybridized carbons (Fsp3) is 0.600. The summed E-state index contributed by atoms with van der Waals surface area (Å²) in [6.45, 7) is 9.72. The SMILES string of the molecule is CCN(CCNC(C)C)Cc1ccc(OC)cc1F. The van der Waals surface area contributed by atoms with Gasteiger partial charge in [-0.05, 0) is 12.6 Å². The van der Waals surface area contributed by atoms with E-state index >= 15 is 0 Å². The third-order valence-electron chi connectivity index (χ3n) is 3.08. The molecular formula is C15H25FN2O. The van der Waals surface area contributed by atoms with Gasteiger partial charge in [-0.2, -0.15) is 0 Å². The standard InChI is InChI=1S/C15H25FN2O/c1-5-18(9-8-17-12(2)3)11-13-6-7-14(19-4)10-15(13)16/h6-7,10,12,17H,5,8-9,11H2,1-4H3. The highest BCUT2D eigenvalue weighted by Gasteiger charge is 2.09. The second kappa shape index (κ2) is 8.12. The number of hydrogen-bond donors (Lipinski definition) is 1. The van der Waals surface area contributed by atoms with Gasteiger partial charge < -0.3 is 10.1 Å². The predicted octanol–water partition coefficient (Wildman–Crippen LogP) is 2.65. The molecule has 0 radical (unpaired) electrons. The van der Waals surface area contributed by atoms with Crippen molar-refractivity contribution in [3.63, 3.8) is 0 Å². The molecule has 0 aliphatic carbocycles. The van der Waals surface area contributed by atoms with Gasteiger partial charge in [0, 0.05) is 37.3 Å². The van der Waals surface area contributed by atoms with Crippen molar-refractivity contribution in [2.45, 2.75) is 33.4 Å². The largest absolute Gasteiger partial charge is 0.497 e. The summed E-state index contributed by atoms with van der Waals surface area (Å²) < 4.78 is 18.9. The van der Waals surface area contributed by atoms with Gasteiger partial charge in [0.25, 0.3) is 0 Å². The van der Waals surface area contributed by atoms with Crippen LogP contribution in [0.25, 0.3) is 0 Å². The molecule has 1 N–H and O–H groups in total. The quantitative estimate of drug-likeness (QED) is 0.784. The average Bonchev–Trinajstić information content (AvgIpc) is 2.39. The Morgan fingerprint density at radius 1 is 1.37 bits per heavy atom. The minimum absolute atomic E-state index is 0.199. The summed E-state index contributed by atoms with van der Waals surface area (Å²) >= 11 is 0. The summed E-state index contributed by atoms with van der Waals surface area (Å²) in [5.74, 6) is 0.361. The number of nitrogens with one attached hydrogen (secondary N) is 1. The number of methoxy groups -OCH3 is 1. The Morgan fingerprint density at radius 2 is 2.11 bits per heavy atom. The molecule has 1 rings (SSSR count). The average molecular weight is 268 g/mol. The number of nitrogens with zero attached hydrogens (tertiary/aromatic N) is 1. The molecule has 0 aromatic heterocycles. The van der Waals surface area contributed by atoms with E-state index in [2.05, 4.69) is 31.0 Å². The van der Waals surface area contributed by atoms with Crippen LogP contribution in [0.1, 0.15) is 26.3 Å². The Morgan fingerprint density at radius 3 is 2.63 bits per heavy atom. The lowest BCUT2D eigenvalue weighted by Gasteiger charge is -2.21. The number of hydrogen-bond acceptors (Lipinski definition) is 3. The van der Waals surface area contributed by atoms with E-state index in [0.29, 0.717) is 23.9 Å². The van der Waals surface area contributed by atoms with E-state index in [1.807, 2.05) is 0 Å². The van der Waals surface area contributed by atoms with E-state index in [4.69, 9.17) is 4.74 Å². The molecule has 108 valence electrons. The zero-order valence-corrected chi connectivity index (χ0v) is 12.4. The molecule has 1 aromatic carbocycles. The fourth-order valence-electron chi connectivity index (χ4n) is 1.88. The number of benzene rings is 1. The fourth-order valence-corrected chi connectivity index (χ4v) is 1.88. The van der Waals surface area contributed by atoms with E-state index < -0.39 is 0 Å². The maximum absolute atomic E-state index is 13.9. The molecule has 0 fully saturated rings. The highest BCUT2D eigenvalue weighted by molar-refractivity contribution is 5.28. The second-order valence-electron chi connectivity index (χ2n) is 4.93. The first kappa shape index (κ1) is 15.9. The van der Waals surface area contributed by atoms with E-state index in [1.54, 1.807) is 19.2 Å². The summed E-state index contributed by atoms with van der Waals surface area (Å²) in [5, 5.41) is 3.37. The summed E-state index contributed by atoms with van der Waals surface area (Å²) in [4.78, 5) is 2.22. The normalized spacial score (nSPS) is 11.3. The first-order valence-corrected chi connectivity index (χ1v) is 6.85. The first-order chi connectivity index (χ1) is 9.06. The van der Waals surface area contributed by atoms with Crippen molar-refractivity contribution in [3.05, 3.63) is 29.6 Å². The van der Waals surface area contributed by atoms with E-state index in [-0.39, 0.29) is 5.82 Å². The molecule has 0 saturated carbocycles. The zero-order valence-electron chi connectivity index (χ0n) is 12.4. The molecule has 19 heavy (non-hydrogen) atoms. The zero-order chi connectivity index (χ0) is 14.3. The molecule has 0 heterocycles. The van der Waals surface area contributed by atoms with Crippen molar-refractivity contribution >= 4 is 0 Å². The van der Waals surface area contributed by atoms with Crippen molar-refractivity contribution in [1.82, 2.24) is 10.2 Å². The molecular weight excluding hydrogens is 243 g/mol. The van der Waals surface area contributed by atoms with Gasteiger partial charge in [0.2, 0.25) is 0 Å². The van der Waals surface area contributed by atoms with Crippen LogP contribution in [0, 0.1) is 5.82 Å². The Hall–Kier alpha value is -1.13. The van der Waals surface area contributed by atoms with Crippen LogP contribution in [0.5, 0.6) is 5.75 Å². The van der Waals surface area contributed by atoms with Crippen molar-refractivity contribution in [1.29, 1.82) is 0 Å². The minimum atomic E-state index is -0.199. The topological polar surface area (TPSA) is 24.5 Å².